The van der Waals surface area contributed by atoms with Crippen LogP contribution in [-0.4, -0.2) is 19.9 Å². The van der Waals surface area contributed by atoms with E-state index in [2.05, 4.69) is 133 Å². The summed E-state index contributed by atoms with van der Waals surface area (Å²) in [6.45, 7) is 0. The largest absolute Gasteiger partial charge is 0.228 e. The van der Waals surface area contributed by atoms with Crippen LogP contribution in [0.15, 0.2) is 158 Å². The summed E-state index contributed by atoms with van der Waals surface area (Å²) < 4.78 is 2.31. The summed E-state index contributed by atoms with van der Waals surface area (Å²) in [6, 6.07) is 54.4. The molecule has 9 rings (SSSR count). The number of fused-ring (bicyclic) bond motifs is 4. The van der Waals surface area contributed by atoms with E-state index in [9.17, 15) is 0 Å². The van der Waals surface area contributed by atoms with Gasteiger partial charge in [0, 0.05) is 37.7 Å². The highest BCUT2D eigenvalue weighted by atomic mass is 32.1. The molecule has 0 N–H and O–H groups in total. The van der Waals surface area contributed by atoms with Gasteiger partial charge in [-0.25, -0.2) is 19.9 Å². The van der Waals surface area contributed by atoms with Gasteiger partial charge in [0.25, 0.3) is 0 Å². The van der Waals surface area contributed by atoms with Crippen LogP contribution in [0.1, 0.15) is 0 Å². The van der Waals surface area contributed by atoms with Crippen molar-refractivity contribution < 1.29 is 0 Å². The second-order valence-electron chi connectivity index (χ2n) is 11.5. The molecule has 0 aliphatic rings. The first-order chi connectivity index (χ1) is 23.3. The van der Waals surface area contributed by atoms with Gasteiger partial charge in [-0.3, -0.25) is 0 Å². The van der Waals surface area contributed by atoms with E-state index in [1.165, 1.54) is 10.3 Å². The fraction of sp³-hybridized carbons (Fsp3) is 0. The van der Waals surface area contributed by atoms with Crippen molar-refractivity contribution in [3.8, 4) is 56.4 Å². The van der Waals surface area contributed by atoms with Gasteiger partial charge >= 0.3 is 0 Å². The molecule has 9 aromatic rings. The minimum atomic E-state index is 0.681. The van der Waals surface area contributed by atoms with E-state index < -0.39 is 0 Å². The van der Waals surface area contributed by atoms with E-state index >= 15 is 0 Å². The highest BCUT2D eigenvalue weighted by Crippen LogP contribution is 2.39. The van der Waals surface area contributed by atoms with Crippen LogP contribution in [0, 0.1) is 0 Å². The average molecular weight is 619 g/mol. The normalized spacial score (nSPS) is 11.4. The van der Waals surface area contributed by atoms with Crippen molar-refractivity contribution in [2.75, 3.05) is 0 Å². The number of benzene rings is 6. The first kappa shape index (κ1) is 27.3. The molecule has 0 aliphatic carbocycles. The molecule has 0 amide bonds. The molecule has 0 bridgehead atoms. The van der Waals surface area contributed by atoms with E-state index in [4.69, 9.17) is 19.9 Å². The van der Waals surface area contributed by atoms with Crippen molar-refractivity contribution in [2.45, 2.75) is 0 Å². The van der Waals surface area contributed by atoms with E-state index in [-0.39, 0.29) is 0 Å². The molecule has 0 saturated heterocycles. The maximum Gasteiger partial charge on any atom is 0.160 e. The lowest BCUT2D eigenvalue weighted by atomic mass is 9.99. The summed E-state index contributed by atoms with van der Waals surface area (Å²) in [6.07, 6.45) is 0. The number of nitrogens with zero attached hydrogens (tertiary/aromatic N) is 4. The first-order valence-corrected chi connectivity index (χ1v) is 16.4. The Bertz CT molecular complexity index is 2560. The van der Waals surface area contributed by atoms with E-state index in [0.717, 1.165) is 65.7 Å². The quantitative estimate of drug-likeness (QED) is 0.193. The molecule has 3 heterocycles. The maximum atomic E-state index is 5.16. The lowest BCUT2D eigenvalue weighted by Gasteiger charge is -2.11. The minimum Gasteiger partial charge on any atom is -0.228 e. The standard InChI is InChI=1S/C42H26N4S/c1-3-12-27(13-4-1)31-16-11-17-32(26-31)37-33-18-7-9-20-35(33)43-41(44-37)29-22-24-30(25-23-29)42-45-38(28-14-5-2-6-15-28)40-39(46-42)34-19-8-10-21-36(34)47-40/h1-26H. The molecule has 3 aromatic heterocycles. The summed E-state index contributed by atoms with van der Waals surface area (Å²) >= 11 is 1.75. The molecule has 0 aliphatic heterocycles. The zero-order chi connectivity index (χ0) is 31.2. The van der Waals surface area contributed by atoms with Crippen molar-refractivity contribution in [1.82, 2.24) is 19.9 Å². The average Bonchev–Trinajstić information content (AvgIpc) is 3.53. The van der Waals surface area contributed by atoms with Crippen molar-refractivity contribution in [3.05, 3.63) is 158 Å². The van der Waals surface area contributed by atoms with Crippen molar-refractivity contribution in [3.63, 3.8) is 0 Å². The molecular formula is C42H26N4S. The molecule has 5 heteroatoms. The van der Waals surface area contributed by atoms with Crippen LogP contribution in [0.3, 0.4) is 0 Å². The Labute approximate surface area is 275 Å². The van der Waals surface area contributed by atoms with Gasteiger partial charge in [0.05, 0.1) is 27.1 Å². The molecule has 4 nitrogen and oxygen atoms in total. The molecule has 0 radical (unpaired) electrons. The van der Waals surface area contributed by atoms with Crippen molar-refractivity contribution in [1.29, 1.82) is 0 Å². The van der Waals surface area contributed by atoms with E-state index in [1.807, 2.05) is 24.3 Å². The third-order valence-electron chi connectivity index (χ3n) is 8.51. The Hall–Kier alpha value is -6.04. The Balaban J connectivity index is 1.15. The maximum absolute atomic E-state index is 5.16. The molecule has 0 atom stereocenters. The van der Waals surface area contributed by atoms with E-state index in [1.54, 1.807) is 11.3 Å². The zero-order valence-corrected chi connectivity index (χ0v) is 26.0. The number of para-hydroxylation sites is 1. The number of hydrogen-bond acceptors (Lipinski definition) is 5. The number of rotatable bonds is 5. The second-order valence-corrected chi connectivity index (χ2v) is 12.5. The van der Waals surface area contributed by atoms with Gasteiger partial charge in [0.2, 0.25) is 0 Å². The van der Waals surface area contributed by atoms with Crippen LogP contribution >= 0.6 is 11.3 Å². The molecule has 47 heavy (non-hydrogen) atoms. The van der Waals surface area contributed by atoms with E-state index in [0.29, 0.717) is 11.6 Å². The molecule has 0 unspecified atom stereocenters. The van der Waals surface area contributed by atoms with Crippen LogP contribution in [0.2, 0.25) is 0 Å². The topological polar surface area (TPSA) is 51.6 Å². The third kappa shape index (κ3) is 4.94. The number of hydrogen-bond donors (Lipinski definition) is 0. The molecular weight excluding hydrogens is 593 g/mol. The SMILES string of the molecule is c1ccc(-c2cccc(-c3nc(-c4ccc(-c5nc(-c6ccccc6)c6sc7ccccc7c6n5)cc4)nc4ccccc34)c2)cc1. The molecule has 0 fully saturated rings. The molecule has 220 valence electrons. The van der Waals surface area contributed by atoms with Gasteiger partial charge < -0.3 is 0 Å². The first-order valence-electron chi connectivity index (χ1n) is 15.6. The Morgan fingerprint density at radius 1 is 0.362 bits per heavy atom. The van der Waals surface area contributed by atoms with Gasteiger partial charge in [-0.2, -0.15) is 0 Å². The van der Waals surface area contributed by atoms with Crippen molar-refractivity contribution in [2.24, 2.45) is 0 Å². The summed E-state index contributed by atoms with van der Waals surface area (Å²) in [7, 11) is 0. The summed E-state index contributed by atoms with van der Waals surface area (Å²) in [5.41, 5.74) is 10.1. The fourth-order valence-corrected chi connectivity index (χ4v) is 7.34. The third-order valence-corrected chi connectivity index (χ3v) is 9.68. The number of aromatic nitrogens is 4. The van der Waals surface area contributed by atoms with Crippen molar-refractivity contribution >= 4 is 42.5 Å². The molecule has 0 saturated carbocycles. The van der Waals surface area contributed by atoms with Crippen LogP contribution in [0.4, 0.5) is 0 Å². The minimum absolute atomic E-state index is 0.681. The fourth-order valence-electron chi connectivity index (χ4n) is 6.18. The molecule has 6 aromatic carbocycles. The zero-order valence-electron chi connectivity index (χ0n) is 25.2. The van der Waals surface area contributed by atoms with Crippen LogP contribution in [0.5, 0.6) is 0 Å². The van der Waals surface area contributed by atoms with Crippen LogP contribution < -0.4 is 0 Å². The van der Waals surface area contributed by atoms with Crippen LogP contribution in [0.25, 0.3) is 87.6 Å². The highest BCUT2D eigenvalue weighted by Gasteiger charge is 2.17. The predicted octanol–water partition coefficient (Wildman–Crippen LogP) is 11.1. The Morgan fingerprint density at radius 2 is 0.936 bits per heavy atom. The van der Waals surface area contributed by atoms with Crippen LogP contribution in [-0.2, 0) is 0 Å². The number of thiophene rings is 1. The highest BCUT2D eigenvalue weighted by molar-refractivity contribution is 7.26. The Kier molecular flexibility index (Phi) is 6.61. The molecule has 0 spiro atoms. The van der Waals surface area contributed by atoms with Gasteiger partial charge in [0.1, 0.15) is 0 Å². The Morgan fingerprint density at radius 3 is 1.70 bits per heavy atom. The predicted molar refractivity (Wildman–Crippen MR) is 195 cm³/mol. The monoisotopic (exact) mass is 618 g/mol. The van der Waals surface area contributed by atoms with Gasteiger partial charge in [-0.15, -0.1) is 11.3 Å². The lowest BCUT2D eigenvalue weighted by molar-refractivity contribution is 1.22. The van der Waals surface area contributed by atoms with Gasteiger partial charge in [-0.1, -0.05) is 140 Å². The van der Waals surface area contributed by atoms with Gasteiger partial charge in [-0.05, 0) is 29.3 Å². The second kappa shape index (κ2) is 11.4. The smallest absolute Gasteiger partial charge is 0.160 e. The summed E-state index contributed by atoms with van der Waals surface area (Å²) in [5, 5.41) is 2.18. The summed E-state index contributed by atoms with van der Waals surface area (Å²) in [5.74, 6) is 1.38. The summed E-state index contributed by atoms with van der Waals surface area (Å²) in [4.78, 5) is 20.4. The van der Waals surface area contributed by atoms with Gasteiger partial charge in [0.15, 0.2) is 11.6 Å². The lowest BCUT2D eigenvalue weighted by Crippen LogP contribution is -1.96.